The van der Waals surface area contributed by atoms with Crippen LogP contribution >= 0.6 is 38.4 Å². The Morgan fingerprint density at radius 2 is 2.16 bits per heavy atom. The van der Waals surface area contributed by atoms with Crippen LogP contribution in [-0.2, 0) is 9.05 Å². The maximum atomic E-state index is 13.6. The molecule has 108 valence electrons. The molecule has 1 aromatic carbocycles. The molecule has 0 bridgehead atoms. The van der Waals surface area contributed by atoms with Crippen molar-refractivity contribution in [3.05, 3.63) is 22.4 Å². The van der Waals surface area contributed by atoms with E-state index in [4.69, 9.17) is 15.4 Å². The average Bonchev–Trinajstić information content (AvgIpc) is 2.31. The molecule has 0 aliphatic rings. The van der Waals surface area contributed by atoms with Gasteiger partial charge in [-0.1, -0.05) is 6.92 Å². The molecule has 0 aliphatic heterocycles. The van der Waals surface area contributed by atoms with Gasteiger partial charge in [-0.3, -0.25) is 0 Å². The lowest BCUT2D eigenvalue weighted by Crippen LogP contribution is -2.02. The number of hydrogen-bond acceptors (Lipinski definition) is 4. The highest BCUT2D eigenvalue weighted by Crippen LogP contribution is 2.31. The van der Waals surface area contributed by atoms with Gasteiger partial charge in [0, 0.05) is 16.7 Å². The first-order chi connectivity index (χ1) is 8.86. The van der Waals surface area contributed by atoms with Crippen molar-refractivity contribution in [2.75, 3.05) is 18.1 Å². The van der Waals surface area contributed by atoms with Gasteiger partial charge >= 0.3 is 0 Å². The van der Waals surface area contributed by atoms with Gasteiger partial charge in [-0.05, 0) is 39.9 Å². The first kappa shape index (κ1) is 17.1. The third kappa shape index (κ3) is 5.49. The zero-order valence-electron chi connectivity index (χ0n) is 10.2. The summed E-state index contributed by atoms with van der Waals surface area (Å²) in [5.74, 6) is 1.35. The van der Waals surface area contributed by atoms with Crippen molar-refractivity contribution in [1.29, 1.82) is 0 Å². The molecule has 0 heterocycles. The Hall–Kier alpha value is 0.0200. The molecule has 0 aromatic heterocycles. The fourth-order valence-corrected chi connectivity index (χ4v) is 3.42. The van der Waals surface area contributed by atoms with E-state index in [9.17, 15) is 12.8 Å². The van der Waals surface area contributed by atoms with Gasteiger partial charge < -0.3 is 4.74 Å². The van der Waals surface area contributed by atoms with Crippen LogP contribution in [0.4, 0.5) is 4.39 Å². The Kier molecular flexibility index (Phi) is 6.93. The second-order valence-corrected chi connectivity index (χ2v) is 8.33. The molecule has 0 amide bonds. The Bertz CT molecular complexity index is 537. The SMILES string of the molecule is CCSCCCOc1cc(F)c(S(=O)(=O)Cl)cc1Br. The lowest BCUT2D eigenvalue weighted by Gasteiger charge is -2.09. The summed E-state index contributed by atoms with van der Waals surface area (Å²) >= 11 is 4.93. The van der Waals surface area contributed by atoms with Crippen molar-refractivity contribution < 1.29 is 17.5 Å². The highest BCUT2D eigenvalue weighted by molar-refractivity contribution is 9.10. The highest BCUT2D eigenvalue weighted by atomic mass is 79.9. The molecule has 0 aliphatic carbocycles. The number of thioether (sulfide) groups is 1. The molecule has 0 saturated carbocycles. The summed E-state index contributed by atoms with van der Waals surface area (Å²) in [6, 6.07) is 2.13. The first-order valence-electron chi connectivity index (χ1n) is 5.50. The van der Waals surface area contributed by atoms with Crippen LogP contribution in [0.2, 0.25) is 0 Å². The molecule has 19 heavy (non-hydrogen) atoms. The zero-order valence-corrected chi connectivity index (χ0v) is 14.1. The van der Waals surface area contributed by atoms with Crippen LogP contribution in [0, 0.1) is 5.82 Å². The van der Waals surface area contributed by atoms with Gasteiger partial charge in [-0.15, -0.1) is 0 Å². The van der Waals surface area contributed by atoms with Crippen molar-refractivity contribution in [2.24, 2.45) is 0 Å². The van der Waals surface area contributed by atoms with Crippen molar-refractivity contribution in [3.63, 3.8) is 0 Å². The molecule has 0 spiro atoms. The van der Waals surface area contributed by atoms with E-state index in [1.165, 1.54) is 0 Å². The van der Waals surface area contributed by atoms with Crippen molar-refractivity contribution in [2.45, 2.75) is 18.2 Å². The van der Waals surface area contributed by atoms with Crippen molar-refractivity contribution in [1.82, 2.24) is 0 Å². The van der Waals surface area contributed by atoms with E-state index in [1.54, 1.807) is 11.8 Å². The standard InChI is InChI=1S/C11H13BrClFO3S2/c1-2-18-5-3-4-17-10-7-9(14)11(6-8(10)12)19(13,15)16/h6-7H,2-5H2,1H3. The topological polar surface area (TPSA) is 43.4 Å². The molecule has 0 unspecified atom stereocenters. The van der Waals surface area contributed by atoms with Gasteiger partial charge in [0.1, 0.15) is 16.5 Å². The Morgan fingerprint density at radius 1 is 1.47 bits per heavy atom. The van der Waals surface area contributed by atoms with E-state index < -0.39 is 19.8 Å². The molecule has 0 N–H and O–H groups in total. The summed E-state index contributed by atoms with van der Waals surface area (Å²) in [5, 5.41) is 0. The van der Waals surface area contributed by atoms with E-state index in [0.717, 1.165) is 30.1 Å². The third-order valence-electron chi connectivity index (χ3n) is 2.14. The molecule has 1 rings (SSSR count). The van der Waals surface area contributed by atoms with Crippen LogP contribution in [0.5, 0.6) is 5.75 Å². The van der Waals surface area contributed by atoms with E-state index in [0.29, 0.717) is 11.1 Å². The summed E-state index contributed by atoms with van der Waals surface area (Å²) in [4.78, 5) is -0.560. The molecule has 3 nitrogen and oxygen atoms in total. The molecule has 0 fully saturated rings. The van der Waals surface area contributed by atoms with Crippen LogP contribution in [0.15, 0.2) is 21.5 Å². The molecule has 8 heteroatoms. The van der Waals surface area contributed by atoms with Gasteiger partial charge in [-0.25, -0.2) is 12.8 Å². The van der Waals surface area contributed by atoms with E-state index in [2.05, 4.69) is 22.9 Å². The minimum atomic E-state index is -4.10. The van der Waals surface area contributed by atoms with Gasteiger partial charge in [0.2, 0.25) is 0 Å². The summed E-state index contributed by atoms with van der Waals surface area (Å²) in [7, 11) is 1.02. The van der Waals surface area contributed by atoms with Crippen LogP contribution < -0.4 is 4.74 Å². The second-order valence-electron chi connectivity index (χ2n) is 3.55. The van der Waals surface area contributed by atoms with E-state index >= 15 is 0 Å². The second kappa shape index (κ2) is 7.71. The largest absolute Gasteiger partial charge is 0.492 e. The van der Waals surface area contributed by atoms with E-state index in [1.807, 2.05) is 0 Å². The van der Waals surface area contributed by atoms with Crippen LogP contribution in [-0.4, -0.2) is 26.5 Å². The molecule has 0 radical (unpaired) electrons. The number of benzene rings is 1. The Morgan fingerprint density at radius 3 is 2.74 bits per heavy atom. The monoisotopic (exact) mass is 390 g/mol. The highest BCUT2D eigenvalue weighted by Gasteiger charge is 2.19. The van der Waals surface area contributed by atoms with Crippen molar-refractivity contribution in [3.8, 4) is 5.75 Å². The maximum Gasteiger partial charge on any atom is 0.264 e. The number of ether oxygens (including phenoxy) is 1. The maximum absolute atomic E-state index is 13.6. The smallest absolute Gasteiger partial charge is 0.264 e. The van der Waals surface area contributed by atoms with Crippen molar-refractivity contribution >= 4 is 47.4 Å². The molecular formula is C11H13BrClFO3S2. The predicted octanol–water partition coefficient (Wildman–Crippen LogP) is 4.04. The summed E-state index contributed by atoms with van der Waals surface area (Å²) in [6.45, 7) is 2.51. The average molecular weight is 392 g/mol. The minimum absolute atomic E-state index is 0.267. The number of halogens is 3. The predicted molar refractivity (Wildman–Crippen MR) is 80.2 cm³/mol. The van der Waals surface area contributed by atoms with Crippen LogP contribution in [0.3, 0.4) is 0 Å². The quantitative estimate of drug-likeness (QED) is 0.520. The van der Waals surface area contributed by atoms with Crippen LogP contribution in [0.25, 0.3) is 0 Å². The zero-order chi connectivity index (χ0) is 14.5. The van der Waals surface area contributed by atoms with Gasteiger partial charge in [0.05, 0.1) is 11.1 Å². The number of hydrogen-bond donors (Lipinski definition) is 0. The lowest BCUT2D eigenvalue weighted by atomic mass is 10.3. The third-order valence-corrected chi connectivity index (χ3v) is 5.09. The summed E-state index contributed by atoms with van der Waals surface area (Å²) < 4.78 is 41.6. The van der Waals surface area contributed by atoms with Gasteiger partial charge in [-0.2, -0.15) is 11.8 Å². The summed E-state index contributed by atoms with van der Waals surface area (Å²) in [6.07, 6.45) is 0.835. The van der Waals surface area contributed by atoms with Gasteiger partial charge in [0.25, 0.3) is 9.05 Å². The molecule has 0 atom stereocenters. The molecule has 0 saturated heterocycles. The lowest BCUT2D eigenvalue weighted by molar-refractivity contribution is 0.314. The van der Waals surface area contributed by atoms with Gasteiger partial charge in [0.15, 0.2) is 0 Å². The minimum Gasteiger partial charge on any atom is -0.492 e. The normalized spacial score (nSPS) is 11.6. The number of rotatable bonds is 7. The molecule has 1 aromatic rings. The summed E-state index contributed by atoms with van der Waals surface area (Å²) in [5.41, 5.74) is 0. The molecular weight excluding hydrogens is 379 g/mol. The Labute approximate surface area is 129 Å². The first-order valence-corrected chi connectivity index (χ1v) is 9.76. The van der Waals surface area contributed by atoms with Crippen LogP contribution in [0.1, 0.15) is 13.3 Å². The fourth-order valence-electron chi connectivity index (χ4n) is 1.30. The Balaban J connectivity index is 2.74. The van der Waals surface area contributed by atoms with E-state index in [-0.39, 0.29) is 5.75 Å². The fraction of sp³-hybridized carbons (Fsp3) is 0.455.